The molecule has 1 aromatic carbocycles. The van der Waals surface area contributed by atoms with Crippen LogP contribution in [0.15, 0.2) is 23.2 Å². The molecule has 2 N–H and O–H groups in total. The predicted molar refractivity (Wildman–Crippen MR) is 60.7 cm³/mol. The van der Waals surface area contributed by atoms with Crippen molar-refractivity contribution in [2.45, 2.75) is 13.8 Å². The van der Waals surface area contributed by atoms with E-state index in [1.165, 1.54) is 5.56 Å². The Hall–Kier alpha value is -1.84. The second-order valence-corrected chi connectivity index (χ2v) is 3.21. The van der Waals surface area contributed by atoms with E-state index in [1.54, 1.807) is 7.05 Å². The summed E-state index contributed by atoms with van der Waals surface area (Å²) in [5.74, 6) is 0.656. The molecule has 1 rings (SSSR count). The van der Waals surface area contributed by atoms with Crippen LogP contribution >= 0.6 is 0 Å². The van der Waals surface area contributed by atoms with E-state index in [1.807, 2.05) is 32.0 Å². The summed E-state index contributed by atoms with van der Waals surface area (Å²) in [6.07, 6.45) is 0.580. The maximum Gasteiger partial charge on any atom is 0.225 e. The van der Waals surface area contributed by atoms with Crippen LogP contribution in [0.2, 0.25) is 0 Å². The number of aliphatic imine (C=N–C) groups is 1. The lowest BCUT2D eigenvalue weighted by Crippen LogP contribution is -2.37. The van der Waals surface area contributed by atoms with Crippen molar-refractivity contribution in [3.8, 4) is 0 Å². The highest BCUT2D eigenvalue weighted by atomic mass is 16.1. The fourth-order valence-electron chi connectivity index (χ4n) is 1.35. The third kappa shape index (κ3) is 2.56. The molecule has 0 aliphatic carbocycles. The first-order chi connectivity index (χ1) is 7.20. The summed E-state index contributed by atoms with van der Waals surface area (Å²) in [5, 5.41) is 0. The Labute approximate surface area is 89.4 Å². The number of hydrazine groups is 1. The van der Waals surface area contributed by atoms with E-state index in [9.17, 15) is 4.79 Å². The lowest BCUT2D eigenvalue weighted by Gasteiger charge is -2.11. The van der Waals surface area contributed by atoms with Gasteiger partial charge in [-0.2, -0.15) is 0 Å². The number of hydrogen-bond acceptors (Lipinski definition) is 2. The summed E-state index contributed by atoms with van der Waals surface area (Å²) in [5.41, 5.74) is 8.46. The van der Waals surface area contributed by atoms with E-state index in [2.05, 4.69) is 15.8 Å². The van der Waals surface area contributed by atoms with Crippen molar-refractivity contribution in [2.75, 3.05) is 7.05 Å². The van der Waals surface area contributed by atoms with Crippen molar-refractivity contribution >= 4 is 12.2 Å². The van der Waals surface area contributed by atoms with Crippen LogP contribution in [0.5, 0.6) is 0 Å². The molecule has 0 aliphatic rings. The van der Waals surface area contributed by atoms with Gasteiger partial charge in [-0.15, -0.1) is 0 Å². The molecule has 4 nitrogen and oxygen atoms in total. The number of benzene rings is 1. The predicted octanol–water partition coefficient (Wildman–Crippen LogP) is 0.930. The number of amides is 1. The summed E-state index contributed by atoms with van der Waals surface area (Å²) in [4.78, 5) is 14.3. The van der Waals surface area contributed by atoms with Crippen LogP contribution in [0.25, 0.3) is 0 Å². The van der Waals surface area contributed by atoms with Crippen LogP contribution in [0.3, 0.4) is 0 Å². The molecule has 80 valence electrons. The standard InChI is InChI=1S/C11H15N3O/c1-8-5-4-6-10(9(8)2)11(12-3)14-13-7-15/h4-7H,1-3H3,(H,12,14)(H,13,15). The van der Waals surface area contributed by atoms with Gasteiger partial charge in [-0.1, -0.05) is 18.2 Å². The van der Waals surface area contributed by atoms with E-state index < -0.39 is 0 Å². The molecule has 0 aromatic heterocycles. The van der Waals surface area contributed by atoms with Gasteiger partial charge in [0.2, 0.25) is 6.41 Å². The molecule has 0 unspecified atom stereocenters. The molecular weight excluding hydrogens is 190 g/mol. The maximum atomic E-state index is 10.2. The van der Waals surface area contributed by atoms with Gasteiger partial charge in [-0.3, -0.25) is 20.6 Å². The fraction of sp³-hybridized carbons (Fsp3) is 0.273. The number of carbonyl (C=O) groups excluding carboxylic acids is 1. The Bertz CT molecular complexity index is 385. The SMILES string of the molecule is CN=C(NNC=O)c1cccc(C)c1C. The van der Waals surface area contributed by atoms with Crippen molar-refractivity contribution in [3.05, 3.63) is 34.9 Å². The third-order valence-corrected chi connectivity index (χ3v) is 2.33. The molecule has 0 aliphatic heterocycles. The number of hydrogen-bond donors (Lipinski definition) is 2. The Morgan fingerprint density at radius 2 is 2.13 bits per heavy atom. The van der Waals surface area contributed by atoms with E-state index in [-0.39, 0.29) is 0 Å². The number of carbonyl (C=O) groups is 1. The number of aryl methyl sites for hydroxylation is 1. The van der Waals surface area contributed by atoms with Crippen molar-refractivity contribution in [2.24, 2.45) is 4.99 Å². The lowest BCUT2D eigenvalue weighted by molar-refractivity contribution is -0.110. The van der Waals surface area contributed by atoms with E-state index in [0.29, 0.717) is 12.2 Å². The molecule has 0 spiro atoms. The van der Waals surface area contributed by atoms with Gasteiger partial charge in [0.05, 0.1) is 0 Å². The number of nitrogens with one attached hydrogen (secondary N) is 2. The third-order valence-electron chi connectivity index (χ3n) is 2.33. The zero-order chi connectivity index (χ0) is 11.3. The van der Waals surface area contributed by atoms with Gasteiger partial charge in [-0.25, -0.2) is 0 Å². The molecule has 0 atom stereocenters. The summed E-state index contributed by atoms with van der Waals surface area (Å²) < 4.78 is 0. The minimum atomic E-state index is 0.580. The van der Waals surface area contributed by atoms with Gasteiger partial charge < -0.3 is 0 Å². The Morgan fingerprint density at radius 3 is 2.73 bits per heavy atom. The first kappa shape index (κ1) is 11.2. The smallest absolute Gasteiger partial charge is 0.225 e. The monoisotopic (exact) mass is 205 g/mol. The van der Waals surface area contributed by atoms with Crippen LogP contribution in [0.4, 0.5) is 0 Å². The lowest BCUT2D eigenvalue weighted by atomic mass is 10.0. The van der Waals surface area contributed by atoms with E-state index in [0.717, 1.165) is 11.1 Å². The average Bonchev–Trinajstić information content (AvgIpc) is 2.25. The first-order valence-electron chi connectivity index (χ1n) is 4.69. The summed E-state index contributed by atoms with van der Waals surface area (Å²) >= 11 is 0. The second kappa shape index (κ2) is 5.14. The van der Waals surface area contributed by atoms with Crippen molar-refractivity contribution < 1.29 is 4.79 Å². The number of amidine groups is 1. The highest BCUT2D eigenvalue weighted by Gasteiger charge is 2.06. The van der Waals surface area contributed by atoms with Crippen LogP contribution in [-0.4, -0.2) is 19.3 Å². The van der Waals surface area contributed by atoms with Gasteiger partial charge in [0, 0.05) is 12.6 Å². The molecule has 0 heterocycles. The highest BCUT2D eigenvalue weighted by molar-refractivity contribution is 6.00. The molecule has 4 heteroatoms. The normalized spacial score (nSPS) is 11.0. The highest BCUT2D eigenvalue weighted by Crippen LogP contribution is 2.12. The molecule has 1 aromatic rings. The Kier molecular flexibility index (Phi) is 3.85. The molecule has 0 saturated heterocycles. The minimum Gasteiger partial charge on any atom is -0.282 e. The zero-order valence-corrected chi connectivity index (χ0v) is 9.16. The van der Waals surface area contributed by atoms with Gasteiger partial charge in [0.1, 0.15) is 5.84 Å². The maximum absolute atomic E-state index is 10.2. The number of nitrogens with zero attached hydrogens (tertiary/aromatic N) is 1. The molecule has 15 heavy (non-hydrogen) atoms. The Balaban J connectivity index is 3.02. The van der Waals surface area contributed by atoms with Gasteiger partial charge in [0.15, 0.2) is 0 Å². The van der Waals surface area contributed by atoms with Crippen LogP contribution in [-0.2, 0) is 4.79 Å². The minimum absolute atomic E-state index is 0.580. The van der Waals surface area contributed by atoms with Crippen LogP contribution in [0.1, 0.15) is 16.7 Å². The first-order valence-corrected chi connectivity index (χ1v) is 4.69. The molecule has 0 radical (unpaired) electrons. The fourth-order valence-corrected chi connectivity index (χ4v) is 1.35. The summed E-state index contributed by atoms with van der Waals surface area (Å²) in [6.45, 7) is 4.07. The van der Waals surface area contributed by atoms with Crippen LogP contribution < -0.4 is 10.9 Å². The quantitative estimate of drug-likeness (QED) is 0.334. The molecule has 0 fully saturated rings. The summed E-state index contributed by atoms with van der Waals surface area (Å²) in [7, 11) is 1.68. The molecule has 0 saturated carbocycles. The van der Waals surface area contributed by atoms with Gasteiger partial charge in [0.25, 0.3) is 0 Å². The Morgan fingerprint density at radius 1 is 1.40 bits per heavy atom. The van der Waals surface area contributed by atoms with E-state index >= 15 is 0 Å². The molecule has 0 bridgehead atoms. The van der Waals surface area contributed by atoms with Crippen LogP contribution in [0, 0.1) is 13.8 Å². The largest absolute Gasteiger partial charge is 0.282 e. The van der Waals surface area contributed by atoms with E-state index in [4.69, 9.17) is 0 Å². The van der Waals surface area contributed by atoms with Crippen molar-refractivity contribution in [1.29, 1.82) is 0 Å². The topological polar surface area (TPSA) is 53.5 Å². The molecular formula is C11H15N3O. The van der Waals surface area contributed by atoms with Crippen molar-refractivity contribution in [1.82, 2.24) is 10.9 Å². The molecule has 1 amide bonds. The number of rotatable bonds is 3. The summed E-state index contributed by atoms with van der Waals surface area (Å²) in [6, 6.07) is 5.97. The zero-order valence-electron chi connectivity index (χ0n) is 9.16. The average molecular weight is 205 g/mol. The van der Waals surface area contributed by atoms with Gasteiger partial charge >= 0.3 is 0 Å². The van der Waals surface area contributed by atoms with Crippen molar-refractivity contribution in [3.63, 3.8) is 0 Å². The van der Waals surface area contributed by atoms with Gasteiger partial charge in [-0.05, 0) is 25.0 Å². The second-order valence-electron chi connectivity index (χ2n) is 3.21.